The molecule has 0 saturated carbocycles. The third-order valence-corrected chi connectivity index (χ3v) is 4.82. The quantitative estimate of drug-likeness (QED) is 0.632. The minimum Gasteiger partial charge on any atom is -0.340 e. The maximum atomic E-state index is 12.4. The number of hydrogen-bond acceptors (Lipinski definition) is 3. The Balaban J connectivity index is 2.54. The summed E-state index contributed by atoms with van der Waals surface area (Å²) in [4.78, 5) is 28.3. The van der Waals surface area contributed by atoms with Crippen molar-refractivity contribution in [2.75, 3.05) is 6.54 Å². The number of hydrogen-bond donors (Lipinski definition) is 0. The Kier molecular flexibility index (Phi) is 7.65. The first-order chi connectivity index (χ1) is 9.99. The SMILES string of the molecule is CCCCN(C(=O)CCC(=O)c1ccc(C)s1)C(C)CC. The van der Waals surface area contributed by atoms with Gasteiger partial charge in [-0.1, -0.05) is 20.3 Å². The number of nitrogens with zero attached hydrogens (tertiary/aromatic N) is 1. The lowest BCUT2D eigenvalue weighted by Crippen LogP contribution is -2.39. The summed E-state index contributed by atoms with van der Waals surface area (Å²) in [6.45, 7) is 9.09. The van der Waals surface area contributed by atoms with Gasteiger partial charge in [-0.05, 0) is 38.8 Å². The zero-order valence-corrected chi connectivity index (χ0v) is 14.5. The van der Waals surface area contributed by atoms with Crippen LogP contribution in [-0.4, -0.2) is 29.2 Å². The van der Waals surface area contributed by atoms with Crippen molar-refractivity contribution < 1.29 is 9.59 Å². The molecule has 1 aromatic rings. The van der Waals surface area contributed by atoms with Gasteiger partial charge in [0.2, 0.25) is 5.91 Å². The van der Waals surface area contributed by atoms with E-state index in [4.69, 9.17) is 0 Å². The lowest BCUT2D eigenvalue weighted by Gasteiger charge is -2.28. The molecule has 0 aliphatic carbocycles. The van der Waals surface area contributed by atoms with Crippen molar-refractivity contribution in [3.63, 3.8) is 0 Å². The maximum absolute atomic E-state index is 12.4. The van der Waals surface area contributed by atoms with Gasteiger partial charge in [0.1, 0.15) is 0 Å². The molecule has 0 fully saturated rings. The monoisotopic (exact) mass is 309 g/mol. The molecule has 0 aliphatic heterocycles. The van der Waals surface area contributed by atoms with Crippen LogP contribution in [0.25, 0.3) is 0 Å². The molecule has 1 heterocycles. The van der Waals surface area contributed by atoms with Gasteiger partial charge in [0.15, 0.2) is 5.78 Å². The number of rotatable bonds is 9. The Morgan fingerprint density at radius 3 is 2.48 bits per heavy atom. The Bertz CT molecular complexity index is 467. The zero-order valence-electron chi connectivity index (χ0n) is 13.6. The molecule has 0 N–H and O–H groups in total. The van der Waals surface area contributed by atoms with Gasteiger partial charge in [0.05, 0.1) is 4.88 Å². The molecular formula is C17H27NO2S. The molecule has 118 valence electrons. The van der Waals surface area contributed by atoms with E-state index in [2.05, 4.69) is 20.8 Å². The van der Waals surface area contributed by atoms with Crippen LogP contribution in [0.4, 0.5) is 0 Å². The molecule has 1 atom stereocenters. The molecule has 1 aromatic heterocycles. The second-order valence-corrected chi connectivity index (χ2v) is 6.82. The Morgan fingerprint density at radius 1 is 1.24 bits per heavy atom. The predicted octanol–water partition coefficient (Wildman–Crippen LogP) is 4.45. The number of carbonyl (C=O) groups excluding carboxylic acids is 2. The largest absolute Gasteiger partial charge is 0.340 e. The highest BCUT2D eigenvalue weighted by Crippen LogP contribution is 2.18. The second-order valence-electron chi connectivity index (χ2n) is 5.53. The topological polar surface area (TPSA) is 37.4 Å². The Morgan fingerprint density at radius 2 is 1.95 bits per heavy atom. The van der Waals surface area contributed by atoms with Crippen molar-refractivity contribution in [3.05, 3.63) is 21.9 Å². The van der Waals surface area contributed by atoms with Crippen molar-refractivity contribution in [2.45, 2.75) is 65.8 Å². The van der Waals surface area contributed by atoms with Crippen molar-refractivity contribution in [3.8, 4) is 0 Å². The summed E-state index contributed by atoms with van der Waals surface area (Å²) in [6, 6.07) is 4.06. The number of ketones is 1. The van der Waals surface area contributed by atoms with E-state index in [1.165, 1.54) is 11.3 Å². The summed E-state index contributed by atoms with van der Waals surface area (Å²) in [5.74, 6) is 0.195. The van der Waals surface area contributed by atoms with Gasteiger partial charge in [-0.2, -0.15) is 0 Å². The zero-order chi connectivity index (χ0) is 15.8. The normalized spacial score (nSPS) is 12.2. The van der Waals surface area contributed by atoms with E-state index < -0.39 is 0 Å². The molecular weight excluding hydrogens is 282 g/mol. The van der Waals surface area contributed by atoms with Crippen molar-refractivity contribution >= 4 is 23.0 Å². The Hall–Kier alpha value is -1.16. The molecule has 0 aliphatic rings. The number of aryl methyl sites for hydroxylation is 1. The second kappa shape index (κ2) is 8.98. The van der Waals surface area contributed by atoms with Gasteiger partial charge in [-0.15, -0.1) is 11.3 Å². The first-order valence-corrected chi connectivity index (χ1v) is 8.70. The van der Waals surface area contributed by atoms with E-state index in [0.29, 0.717) is 12.8 Å². The maximum Gasteiger partial charge on any atom is 0.223 e. The highest BCUT2D eigenvalue weighted by Gasteiger charge is 2.19. The Labute approximate surface area is 132 Å². The van der Waals surface area contributed by atoms with E-state index in [1.54, 1.807) is 0 Å². The molecule has 1 amide bonds. The van der Waals surface area contributed by atoms with Crippen LogP contribution >= 0.6 is 11.3 Å². The summed E-state index contributed by atoms with van der Waals surface area (Å²) in [6.07, 6.45) is 3.69. The van der Waals surface area contributed by atoms with Gasteiger partial charge in [-0.25, -0.2) is 0 Å². The first kappa shape index (κ1) is 17.9. The standard InChI is InChI=1S/C17H27NO2S/c1-5-7-12-18(13(3)6-2)17(20)11-9-15(19)16-10-8-14(4)21-16/h8,10,13H,5-7,9,11-12H2,1-4H3. The van der Waals surface area contributed by atoms with Gasteiger partial charge in [0.25, 0.3) is 0 Å². The van der Waals surface area contributed by atoms with E-state index in [1.807, 2.05) is 24.0 Å². The van der Waals surface area contributed by atoms with Gasteiger partial charge < -0.3 is 4.90 Å². The number of thiophene rings is 1. The van der Waals surface area contributed by atoms with Gasteiger partial charge >= 0.3 is 0 Å². The van der Waals surface area contributed by atoms with Gasteiger partial charge in [0, 0.05) is 30.3 Å². The van der Waals surface area contributed by atoms with Crippen LogP contribution in [0.1, 0.15) is 67.4 Å². The summed E-state index contributed by atoms with van der Waals surface area (Å²) in [5.41, 5.74) is 0. The third kappa shape index (κ3) is 5.62. The molecule has 1 rings (SSSR count). The first-order valence-electron chi connectivity index (χ1n) is 7.88. The average molecular weight is 309 g/mol. The molecule has 4 heteroatoms. The number of unbranched alkanes of at least 4 members (excludes halogenated alkanes) is 1. The van der Waals surface area contributed by atoms with E-state index in [-0.39, 0.29) is 17.7 Å². The molecule has 0 spiro atoms. The van der Waals surface area contributed by atoms with E-state index in [9.17, 15) is 9.59 Å². The minimum absolute atomic E-state index is 0.0843. The fourth-order valence-electron chi connectivity index (χ4n) is 2.21. The van der Waals surface area contributed by atoms with Gasteiger partial charge in [-0.3, -0.25) is 9.59 Å². The highest BCUT2D eigenvalue weighted by molar-refractivity contribution is 7.14. The van der Waals surface area contributed by atoms with Crippen LogP contribution in [0.3, 0.4) is 0 Å². The summed E-state index contributed by atoms with van der Waals surface area (Å²) >= 11 is 1.51. The lowest BCUT2D eigenvalue weighted by atomic mass is 10.1. The molecule has 3 nitrogen and oxygen atoms in total. The highest BCUT2D eigenvalue weighted by atomic mass is 32.1. The minimum atomic E-state index is 0.0843. The van der Waals surface area contributed by atoms with Crippen LogP contribution in [-0.2, 0) is 4.79 Å². The van der Waals surface area contributed by atoms with Crippen molar-refractivity contribution in [2.24, 2.45) is 0 Å². The lowest BCUT2D eigenvalue weighted by molar-refractivity contribution is -0.133. The van der Waals surface area contributed by atoms with Crippen LogP contribution in [0.15, 0.2) is 12.1 Å². The molecule has 0 bridgehead atoms. The molecule has 0 aromatic carbocycles. The predicted molar refractivity (Wildman–Crippen MR) is 89.0 cm³/mol. The fraction of sp³-hybridized carbons (Fsp3) is 0.647. The number of carbonyl (C=O) groups is 2. The number of amides is 1. The van der Waals surface area contributed by atoms with Crippen LogP contribution in [0, 0.1) is 6.92 Å². The van der Waals surface area contributed by atoms with Crippen molar-refractivity contribution in [1.29, 1.82) is 0 Å². The van der Waals surface area contributed by atoms with Crippen LogP contribution in [0.2, 0.25) is 0 Å². The molecule has 21 heavy (non-hydrogen) atoms. The third-order valence-electron chi connectivity index (χ3n) is 3.78. The summed E-state index contributed by atoms with van der Waals surface area (Å²) in [7, 11) is 0. The molecule has 0 radical (unpaired) electrons. The van der Waals surface area contributed by atoms with Crippen LogP contribution in [0.5, 0.6) is 0 Å². The van der Waals surface area contributed by atoms with E-state index >= 15 is 0 Å². The molecule has 1 unspecified atom stereocenters. The summed E-state index contributed by atoms with van der Waals surface area (Å²) in [5, 5.41) is 0. The summed E-state index contributed by atoms with van der Waals surface area (Å²) < 4.78 is 0. The van der Waals surface area contributed by atoms with E-state index in [0.717, 1.165) is 35.6 Å². The number of Topliss-reactive ketones (excluding diaryl/α,β-unsaturated/α-hetero) is 1. The fourth-order valence-corrected chi connectivity index (χ4v) is 3.05. The smallest absolute Gasteiger partial charge is 0.223 e. The van der Waals surface area contributed by atoms with Crippen LogP contribution < -0.4 is 0 Å². The molecule has 0 saturated heterocycles. The average Bonchev–Trinajstić information content (AvgIpc) is 2.91. The van der Waals surface area contributed by atoms with Crippen molar-refractivity contribution in [1.82, 2.24) is 4.90 Å².